The highest BCUT2D eigenvalue weighted by Gasteiger charge is 2.99. The summed E-state index contributed by atoms with van der Waals surface area (Å²) in [6, 6.07) is -17.1. The molecule has 1 N–H and O–H groups in total. The monoisotopic (exact) mass is 1650 g/mol. The molecule has 1 rings (SSSR count). The normalized spacial score (nSPS) is 16.4. The zero-order valence-corrected chi connectivity index (χ0v) is 49.1. The average molecular weight is 1650 g/mol. The topological polar surface area (TPSA) is 90.7 Å². The van der Waals surface area contributed by atoms with Gasteiger partial charge < -0.3 is 19.2 Å². The molecule has 0 aliphatic heterocycles. The van der Waals surface area contributed by atoms with Crippen molar-refractivity contribution in [3.05, 3.63) is 17.3 Å². The molecule has 1 aromatic heterocycles. The molecule has 0 aliphatic rings. The van der Waals surface area contributed by atoms with Crippen LogP contribution in [0.25, 0.3) is 0 Å². The number of amides is 1. The number of nitrogens with one attached hydrogen (secondary N) is 1. The minimum atomic E-state index is -9.77. The van der Waals surface area contributed by atoms with E-state index in [1.165, 1.54) is 5.32 Å². The zero-order chi connectivity index (χ0) is 82.7. The van der Waals surface area contributed by atoms with Crippen LogP contribution in [0.3, 0.4) is 0 Å². The molecule has 0 spiro atoms. The number of oxazole rings is 1. The largest absolute Gasteiger partial charge is 0.464 e. The molecule has 1 atom stereocenters. The van der Waals surface area contributed by atoms with Crippen molar-refractivity contribution in [3.63, 3.8) is 0 Å². The summed E-state index contributed by atoms with van der Waals surface area (Å²) in [7, 11) is -7.23. The molecular weight excluding hydrogens is 1620 g/mol. The van der Waals surface area contributed by atoms with Crippen LogP contribution in [0.1, 0.15) is 61.3 Å². The van der Waals surface area contributed by atoms with Gasteiger partial charge in [0.2, 0.25) is 5.89 Å². The first kappa shape index (κ1) is 94.6. The number of alkyl halides is 51. The first-order valence-corrected chi connectivity index (χ1v) is 27.9. The Bertz CT molecular complexity index is 2840. The van der Waals surface area contributed by atoms with E-state index in [0.717, 1.165) is 20.8 Å². The van der Waals surface area contributed by atoms with Gasteiger partial charge >= 0.3 is 155 Å². The van der Waals surface area contributed by atoms with E-state index in [0.29, 0.717) is 7.11 Å². The van der Waals surface area contributed by atoms with Crippen molar-refractivity contribution in [2.24, 2.45) is 5.92 Å². The number of carbonyl (C=O) groups is 2. The summed E-state index contributed by atoms with van der Waals surface area (Å²) in [6.45, 7) is -0.317. The van der Waals surface area contributed by atoms with Crippen LogP contribution in [0.15, 0.2) is 4.42 Å². The average Bonchev–Trinajstić information content (AvgIpc) is 0.756. The van der Waals surface area contributed by atoms with Crippen molar-refractivity contribution in [3.8, 4) is 0 Å². The molecule has 0 unspecified atom stereocenters. The smallest absolute Gasteiger partial charge is 0.460 e. The molecule has 102 heavy (non-hydrogen) atoms. The first-order valence-electron chi connectivity index (χ1n) is 25.0. The molecule has 0 aromatic carbocycles. The van der Waals surface area contributed by atoms with Crippen LogP contribution < -0.4 is 5.32 Å². The molecule has 1 amide bonds. The molecular formula is C43H31F51N2O5Si. The number of aryl methyl sites for hydroxylation is 1. The second-order valence-corrected chi connectivity index (χ2v) is 26.6. The van der Waals surface area contributed by atoms with Gasteiger partial charge in [-0.05, 0) is 18.9 Å². The summed E-state index contributed by atoms with van der Waals surface area (Å²) >= 11 is 0. The standard InChI is InChI=1S/C43H31F51N2O5Si/c1-13(2)15(17-95-16(14(3)101-17)18(97)99-4)96-19(98)100-8-12-102(9-5-20(44,45)23(50,51)26(56,57)29(62,63)32(68,69)35(74,75)38(80,81)41(86,87)88,10-6-21(46,47)24(52,53)27(58,59)30(64,65)33(70,71)36(76,77)39(82,83)42(89,90)91)11-7-22(48,49)25(54,55)28(60,61)31(66,67)34(72,73)37(78,79)40(84,85)43(92,93)94/h13,15H,5-12H2,1-4H3,(H,96,98)/t15-/m0/s1. The van der Waals surface area contributed by atoms with Crippen LogP contribution >= 0.6 is 0 Å². The van der Waals surface area contributed by atoms with Crippen molar-refractivity contribution >= 4 is 20.1 Å². The number of rotatable bonds is 34. The zero-order valence-electron chi connectivity index (χ0n) is 48.1. The Morgan fingerprint density at radius 3 is 0.784 bits per heavy atom. The fourth-order valence-electron chi connectivity index (χ4n) is 7.95. The Morgan fingerprint density at radius 1 is 0.363 bits per heavy atom. The predicted molar refractivity (Wildman–Crippen MR) is 226 cm³/mol. The third-order valence-electron chi connectivity index (χ3n) is 14.5. The maximum absolute atomic E-state index is 15.6. The number of alkyl carbamates (subject to hydrolysis) is 1. The van der Waals surface area contributed by atoms with Crippen LogP contribution in [-0.4, -0.2) is 182 Å². The summed E-state index contributed by atoms with van der Waals surface area (Å²) in [5, 5.41) is 1.41. The van der Waals surface area contributed by atoms with Gasteiger partial charge in [-0.3, -0.25) is 0 Å². The molecule has 59 heteroatoms. The second kappa shape index (κ2) is 26.8. The molecule has 604 valence electrons. The van der Waals surface area contributed by atoms with Gasteiger partial charge in [-0.15, -0.1) is 0 Å². The third-order valence-corrected chi connectivity index (χ3v) is 19.7. The van der Waals surface area contributed by atoms with E-state index in [9.17, 15) is 181 Å². The summed E-state index contributed by atoms with van der Waals surface area (Å²) in [4.78, 5) is 28.5. The lowest BCUT2D eigenvalue weighted by atomic mass is 9.88. The van der Waals surface area contributed by atoms with E-state index in [1.807, 2.05) is 0 Å². The van der Waals surface area contributed by atoms with Crippen molar-refractivity contribution < 1.29 is 247 Å². The van der Waals surface area contributed by atoms with Crippen LogP contribution in [0, 0.1) is 12.8 Å². The number of hydrogen-bond donors (Lipinski definition) is 1. The Balaban J connectivity index is 4.87. The second-order valence-electron chi connectivity index (χ2n) is 21.6. The van der Waals surface area contributed by atoms with Crippen molar-refractivity contribution in [2.75, 3.05) is 13.7 Å². The van der Waals surface area contributed by atoms with Gasteiger partial charge in [-0.2, -0.15) is 224 Å². The Hall–Kier alpha value is -5.40. The number of hydrogen-bond acceptors (Lipinski definition) is 6. The SMILES string of the molecule is COC(=O)c1nc([C@@H](NC(=O)OCC[Si](CCC(F)(F)C(F)(F)C(F)(F)C(F)(F)C(F)(F)C(F)(F)C(F)(F)C(F)(F)F)(CCC(F)(F)C(F)(F)C(F)(F)C(F)(F)C(F)(F)C(F)(F)C(F)(F)C(F)(F)F)CCC(F)(F)C(F)(F)C(F)(F)C(F)(F)C(F)(F)C(F)(F)C(F)(F)C(F)(F)F)C(C)C)oc1C. The highest BCUT2D eigenvalue weighted by molar-refractivity contribution is 6.80. The maximum atomic E-state index is 15.6. The van der Waals surface area contributed by atoms with Crippen molar-refractivity contribution in [2.45, 2.75) is 213 Å². The van der Waals surface area contributed by atoms with Gasteiger partial charge in [-0.1, -0.05) is 32.0 Å². The lowest BCUT2D eigenvalue weighted by molar-refractivity contribution is -0.461. The van der Waals surface area contributed by atoms with Gasteiger partial charge in [0, 0.05) is 19.3 Å². The number of ether oxygens (including phenoxy) is 2. The molecule has 0 radical (unpaired) electrons. The lowest BCUT2D eigenvalue weighted by Crippen LogP contribution is -2.74. The van der Waals surface area contributed by atoms with Gasteiger partial charge in [0.1, 0.15) is 11.8 Å². The minimum absolute atomic E-state index is 0.602. The lowest BCUT2D eigenvalue weighted by Gasteiger charge is -2.44. The molecule has 1 heterocycles. The highest BCUT2D eigenvalue weighted by Crippen LogP contribution is 2.69. The Kier molecular flexibility index (Phi) is 24.9. The molecule has 0 aliphatic carbocycles. The number of carbonyl (C=O) groups excluding carboxylic acids is 2. The van der Waals surface area contributed by atoms with E-state index in [1.54, 1.807) is 0 Å². The number of esters is 1. The van der Waals surface area contributed by atoms with Gasteiger partial charge in [0.15, 0.2) is 5.69 Å². The van der Waals surface area contributed by atoms with Crippen molar-refractivity contribution in [1.82, 2.24) is 10.3 Å². The van der Waals surface area contributed by atoms with Gasteiger partial charge in [0.25, 0.3) is 0 Å². The quantitative estimate of drug-likeness (QED) is 0.0420. The summed E-state index contributed by atoms with van der Waals surface area (Å²) in [6.07, 6.45) is -42.2. The van der Waals surface area contributed by atoms with Crippen LogP contribution in [0.2, 0.25) is 24.2 Å². The summed E-state index contributed by atoms with van der Waals surface area (Å²) in [5.74, 6) is -200. The summed E-state index contributed by atoms with van der Waals surface area (Å²) < 4.78 is 738. The fourth-order valence-corrected chi connectivity index (χ4v) is 12.5. The van der Waals surface area contributed by atoms with E-state index in [4.69, 9.17) is 4.42 Å². The molecule has 0 bridgehead atoms. The van der Waals surface area contributed by atoms with Gasteiger partial charge in [0.05, 0.1) is 21.8 Å². The molecule has 0 saturated heterocycles. The maximum Gasteiger partial charge on any atom is 0.460 e. The molecule has 1 aromatic rings. The Morgan fingerprint density at radius 2 is 0.578 bits per heavy atom. The van der Waals surface area contributed by atoms with Crippen molar-refractivity contribution in [1.29, 1.82) is 0 Å². The number of nitrogens with zero attached hydrogens (tertiary/aromatic N) is 1. The predicted octanol–water partition coefficient (Wildman–Crippen LogP) is 20.8. The van der Waals surface area contributed by atoms with Crippen LogP contribution in [0.5, 0.6) is 0 Å². The van der Waals surface area contributed by atoms with E-state index >= 15 is 52.7 Å². The third kappa shape index (κ3) is 14.2. The first-order chi connectivity index (χ1) is 43.9. The summed E-state index contributed by atoms with van der Waals surface area (Å²) in [5.41, 5.74) is -0.917. The molecule has 0 saturated carbocycles. The van der Waals surface area contributed by atoms with Crippen LogP contribution in [0.4, 0.5) is 229 Å². The highest BCUT2D eigenvalue weighted by atomic mass is 28.3. The van der Waals surface area contributed by atoms with E-state index < -0.39 is 242 Å². The number of aromatic nitrogens is 1. The minimum Gasteiger partial charge on any atom is -0.464 e. The number of halogens is 51. The Labute approximate surface area is 528 Å². The fraction of sp³-hybridized carbons (Fsp3) is 0.884. The molecule has 0 fully saturated rings. The number of methoxy groups -OCH3 is 1. The molecule has 7 nitrogen and oxygen atoms in total. The van der Waals surface area contributed by atoms with E-state index in [2.05, 4.69) is 14.5 Å². The van der Waals surface area contributed by atoms with E-state index in [-0.39, 0.29) is 0 Å². The van der Waals surface area contributed by atoms with Gasteiger partial charge in [-0.25, -0.2) is 14.6 Å². The van der Waals surface area contributed by atoms with Crippen LogP contribution in [-0.2, 0) is 9.47 Å².